The van der Waals surface area contributed by atoms with Crippen molar-refractivity contribution < 1.29 is 57.3 Å². The molecule has 0 aromatic rings. The van der Waals surface area contributed by atoms with Crippen molar-refractivity contribution in [2.75, 3.05) is 0 Å². The topological polar surface area (TPSA) is 17.1 Å². The average molecular weight is 321 g/mol. The Morgan fingerprint density at radius 2 is 1.20 bits per heavy atom. The van der Waals surface area contributed by atoms with Crippen molar-refractivity contribution in [2.24, 2.45) is 0 Å². The second-order valence-corrected chi connectivity index (χ2v) is 0. The molecular formula is HLiMnNiOW. The third-order valence-corrected chi connectivity index (χ3v) is 0. The smallest absolute Gasteiger partial charge is 0 e. The first-order valence-corrected chi connectivity index (χ1v) is 0.636. The van der Waals surface area contributed by atoms with Crippen LogP contribution in [0.4, 0.5) is 0 Å². The van der Waals surface area contributed by atoms with Gasteiger partial charge in [-0.1, -0.05) is 0 Å². The molecule has 0 saturated heterocycles. The number of hydrogen-bond donors (Lipinski definition) is 0. The van der Waals surface area contributed by atoms with Crippen LogP contribution in [0.25, 0.3) is 0 Å². The second kappa shape index (κ2) is 36.0. The summed E-state index contributed by atoms with van der Waals surface area (Å²) in [6, 6.07) is 0. The molecule has 0 unspecified atom stereocenters. The maximum Gasteiger partial charge on any atom is 0 e. The van der Waals surface area contributed by atoms with Crippen LogP contribution in [0.1, 0.15) is 0 Å². The Balaban J connectivity index is -0.00000000167. The summed E-state index contributed by atoms with van der Waals surface area (Å²) in [5.41, 5.74) is 0. The molecule has 0 aromatic heterocycles. The van der Waals surface area contributed by atoms with Gasteiger partial charge in [-0.15, -0.1) is 0 Å². The van der Waals surface area contributed by atoms with Crippen molar-refractivity contribution in [2.45, 2.75) is 0 Å². The maximum atomic E-state index is 8.06. The summed E-state index contributed by atoms with van der Waals surface area (Å²) < 4.78 is 8.06. The van der Waals surface area contributed by atoms with Gasteiger partial charge >= 0.3 is 38.6 Å². The van der Waals surface area contributed by atoms with Crippen LogP contribution in [0.5, 0.6) is 0 Å². The minimum atomic E-state index is 0. The van der Waals surface area contributed by atoms with Crippen molar-refractivity contribution in [3.05, 3.63) is 0 Å². The van der Waals surface area contributed by atoms with Crippen molar-refractivity contribution in [1.29, 1.82) is 0 Å². The van der Waals surface area contributed by atoms with Crippen LogP contribution in [-0.2, 0) is 57.3 Å². The fraction of sp³-hybridized carbons (Fsp3) is 0. The molecule has 0 aliphatic carbocycles. The van der Waals surface area contributed by atoms with Crippen molar-refractivity contribution in [1.82, 2.24) is 0 Å². The largest absolute Gasteiger partial charge is 0 e. The Bertz CT molecular complexity index is 11.6. The van der Waals surface area contributed by atoms with E-state index in [4.69, 9.17) is 3.83 Å². The van der Waals surface area contributed by atoms with Crippen molar-refractivity contribution >= 4 is 18.9 Å². The van der Waals surface area contributed by atoms with Crippen LogP contribution in [0.15, 0.2) is 0 Å². The zero-order chi connectivity index (χ0) is 2.00. The van der Waals surface area contributed by atoms with E-state index in [9.17, 15) is 0 Å². The SMILES string of the molecule is [LiH].[Ni].[O]=[Mn].[W]. The summed E-state index contributed by atoms with van der Waals surface area (Å²) >= 11 is 1.69. The van der Waals surface area contributed by atoms with E-state index in [1.165, 1.54) is 0 Å². The Morgan fingerprint density at radius 3 is 1.20 bits per heavy atom. The van der Waals surface area contributed by atoms with E-state index in [1.54, 1.807) is 15.9 Å². The fourth-order valence-corrected chi connectivity index (χ4v) is 0. The van der Waals surface area contributed by atoms with Crippen LogP contribution in [-0.4, -0.2) is 18.9 Å². The van der Waals surface area contributed by atoms with Crippen molar-refractivity contribution in [3.8, 4) is 0 Å². The maximum absolute atomic E-state index is 8.06. The minimum absolute atomic E-state index is 0. The van der Waals surface area contributed by atoms with Gasteiger partial charge in [0.25, 0.3) is 0 Å². The van der Waals surface area contributed by atoms with E-state index in [0.717, 1.165) is 0 Å². The van der Waals surface area contributed by atoms with Gasteiger partial charge in [0.15, 0.2) is 0 Å². The molecule has 0 fully saturated rings. The minimum Gasteiger partial charge on any atom is 0 e. The van der Waals surface area contributed by atoms with E-state index >= 15 is 0 Å². The van der Waals surface area contributed by atoms with E-state index < -0.39 is 0 Å². The summed E-state index contributed by atoms with van der Waals surface area (Å²) in [6.45, 7) is 0. The molecule has 0 rings (SSSR count). The van der Waals surface area contributed by atoms with Gasteiger partial charge in [0.2, 0.25) is 0 Å². The van der Waals surface area contributed by atoms with Gasteiger partial charge in [-0.05, 0) is 0 Å². The zero-order valence-corrected chi connectivity index (χ0v) is 6.61. The van der Waals surface area contributed by atoms with E-state index in [0.29, 0.717) is 0 Å². The van der Waals surface area contributed by atoms with Crippen LogP contribution in [0.3, 0.4) is 0 Å². The zero-order valence-electron chi connectivity index (χ0n) is 1.51. The van der Waals surface area contributed by atoms with Crippen LogP contribution in [0, 0.1) is 0 Å². The van der Waals surface area contributed by atoms with Gasteiger partial charge in [0.05, 0.1) is 0 Å². The summed E-state index contributed by atoms with van der Waals surface area (Å²) in [7, 11) is 0. The summed E-state index contributed by atoms with van der Waals surface area (Å²) in [5, 5.41) is 0. The molecule has 0 saturated carbocycles. The quantitative estimate of drug-likeness (QED) is 0.535. The van der Waals surface area contributed by atoms with Gasteiger partial charge < -0.3 is 0 Å². The molecule has 31 valence electrons. The monoisotopic (exact) mass is 321 g/mol. The summed E-state index contributed by atoms with van der Waals surface area (Å²) in [6.07, 6.45) is 0. The van der Waals surface area contributed by atoms with Gasteiger partial charge in [0.1, 0.15) is 0 Å². The van der Waals surface area contributed by atoms with Crippen LogP contribution in [0.2, 0.25) is 0 Å². The van der Waals surface area contributed by atoms with E-state index in [2.05, 4.69) is 0 Å². The molecule has 0 aliphatic rings. The molecule has 0 bridgehead atoms. The molecule has 0 aromatic carbocycles. The summed E-state index contributed by atoms with van der Waals surface area (Å²) in [4.78, 5) is 0. The number of hydrogen-bond acceptors (Lipinski definition) is 1. The fourth-order valence-electron chi connectivity index (χ4n) is 0. The Labute approximate surface area is 75.4 Å². The third kappa shape index (κ3) is 23.3. The van der Waals surface area contributed by atoms with Crippen molar-refractivity contribution in [3.63, 3.8) is 0 Å². The standard InChI is InChI=1S/Li.Mn.Ni.O.W.H. The third-order valence-electron chi connectivity index (χ3n) is 0. The van der Waals surface area contributed by atoms with Gasteiger partial charge in [-0.25, -0.2) is 0 Å². The molecule has 0 amide bonds. The molecule has 0 spiro atoms. The molecule has 0 radical (unpaired) electrons. The first-order valence-electron chi connectivity index (χ1n) is 0.154. The second-order valence-electron chi connectivity index (χ2n) is 0. The molecule has 5 heteroatoms. The van der Waals surface area contributed by atoms with Gasteiger partial charge in [-0.3, -0.25) is 0 Å². The average Bonchev–Trinajstić information content (AvgIpc) is 1.00. The Hall–Kier alpha value is 2.10. The predicted octanol–water partition coefficient (Wildman–Crippen LogP) is -0.775. The molecule has 0 aliphatic heterocycles. The first kappa shape index (κ1) is 27.5. The molecule has 5 heavy (non-hydrogen) atoms. The van der Waals surface area contributed by atoms with E-state index in [1.807, 2.05) is 0 Å². The molecule has 0 atom stereocenters. The number of rotatable bonds is 0. The summed E-state index contributed by atoms with van der Waals surface area (Å²) in [5.74, 6) is 0. The van der Waals surface area contributed by atoms with Crippen LogP contribution >= 0.6 is 0 Å². The van der Waals surface area contributed by atoms with Gasteiger partial charge in [-0.2, -0.15) is 0 Å². The molecule has 0 N–H and O–H groups in total. The molecular weight excluding hydrogens is 320 g/mol. The van der Waals surface area contributed by atoms with Gasteiger partial charge in [0, 0.05) is 37.6 Å². The Morgan fingerprint density at radius 1 is 1.20 bits per heavy atom. The first-order chi connectivity index (χ1) is 1.00. The molecule has 0 heterocycles. The molecule has 1 nitrogen and oxygen atoms in total. The predicted molar refractivity (Wildman–Crippen MR) is 7.84 cm³/mol. The Kier molecular flexibility index (Phi) is 198. The van der Waals surface area contributed by atoms with Crippen LogP contribution < -0.4 is 0 Å². The normalized spacial score (nSPS) is 0.800. The van der Waals surface area contributed by atoms with E-state index in [-0.39, 0.29) is 56.4 Å².